The van der Waals surface area contributed by atoms with E-state index in [4.69, 9.17) is 0 Å². The molecule has 0 spiro atoms. The molecule has 6 nitrogen and oxygen atoms in total. The van der Waals surface area contributed by atoms with Crippen molar-refractivity contribution in [3.05, 3.63) is 35.9 Å². The second-order valence-electron chi connectivity index (χ2n) is 7.45. The van der Waals surface area contributed by atoms with Gasteiger partial charge in [-0.25, -0.2) is 0 Å². The van der Waals surface area contributed by atoms with Crippen LogP contribution in [0.3, 0.4) is 0 Å². The first-order valence-corrected chi connectivity index (χ1v) is 9.51. The highest BCUT2D eigenvalue weighted by Crippen LogP contribution is 2.24. The Kier molecular flexibility index (Phi) is 5.94. The van der Waals surface area contributed by atoms with Gasteiger partial charge in [-0.3, -0.25) is 14.5 Å². The van der Waals surface area contributed by atoms with Crippen molar-refractivity contribution in [2.45, 2.75) is 31.8 Å². The van der Waals surface area contributed by atoms with Crippen molar-refractivity contribution in [1.82, 2.24) is 14.7 Å². The highest BCUT2D eigenvalue weighted by atomic mass is 16.3. The lowest BCUT2D eigenvalue weighted by atomic mass is 9.91. The zero-order valence-corrected chi connectivity index (χ0v) is 15.6. The number of rotatable bonds is 4. The summed E-state index contributed by atoms with van der Waals surface area (Å²) in [6.07, 6.45) is 2.11. The topological polar surface area (TPSA) is 64.1 Å². The van der Waals surface area contributed by atoms with E-state index in [1.807, 2.05) is 6.07 Å². The number of β-amino-alcohol motifs (C(OH)–C–C–N with tert-alkyl or cyclic N) is 1. The Morgan fingerprint density at radius 3 is 2.38 bits per heavy atom. The molecule has 1 aromatic rings. The molecule has 0 saturated carbocycles. The monoisotopic (exact) mass is 359 g/mol. The zero-order chi connectivity index (χ0) is 18.6. The molecular weight excluding hydrogens is 330 g/mol. The normalized spacial score (nSPS) is 24.5. The Morgan fingerprint density at radius 1 is 1.04 bits per heavy atom. The molecule has 2 aliphatic rings. The van der Waals surface area contributed by atoms with E-state index in [1.54, 1.807) is 9.80 Å². The SMILES string of the molecule is CC(=O)N1CCCC(O)(C(=O)N2CCN(CCc3ccccc3)CC2)C1. The van der Waals surface area contributed by atoms with Gasteiger partial charge in [0.1, 0.15) is 0 Å². The van der Waals surface area contributed by atoms with Crippen molar-refractivity contribution in [2.75, 3.05) is 45.8 Å². The maximum Gasteiger partial charge on any atom is 0.256 e. The number of hydrogen-bond donors (Lipinski definition) is 1. The van der Waals surface area contributed by atoms with Crippen LogP contribution in [-0.4, -0.2) is 83.0 Å². The highest BCUT2D eigenvalue weighted by molar-refractivity contribution is 5.86. The number of aliphatic hydroxyl groups is 1. The van der Waals surface area contributed by atoms with Crippen LogP contribution in [0.2, 0.25) is 0 Å². The van der Waals surface area contributed by atoms with Crippen LogP contribution in [-0.2, 0) is 16.0 Å². The van der Waals surface area contributed by atoms with E-state index in [9.17, 15) is 14.7 Å². The Bertz CT molecular complexity index is 628. The number of amides is 2. The van der Waals surface area contributed by atoms with Crippen molar-refractivity contribution < 1.29 is 14.7 Å². The Balaban J connectivity index is 1.49. The van der Waals surface area contributed by atoms with Gasteiger partial charge in [-0.1, -0.05) is 30.3 Å². The third kappa shape index (κ3) is 4.43. The first-order chi connectivity index (χ1) is 12.5. The summed E-state index contributed by atoms with van der Waals surface area (Å²) in [4.78, 5) is 30.2. The van der Waals surface area contributed by atoms with Crippen LogP contribution >= 0.6 is 0 Å². The molecule has 0 aliphatic carbocycles. The third-order valence-electron chi connectivity index (χ3n) is 5.53. The fourth-order valence-corrected chi connectivity index (χ4v) is 3.88. The summed E-state index contributed by atoms with van der Waals surface area (Å²) < 4.78 is 0. The maximum absolute atomic E-state index is 12.8. The lowest BCUT2D eigenvalue weighted by Crippen LogP contribution is -2.61. The number of hydrogen-bond acceptors (Lipinski definition) is 4. The molecule has 1 unspecified atom stereocenters. The van der Waals surface area contributed by atoms with Crippen LogP contribution in [0.5, 0.6) is 0 Å². The summed E-state index contributed by atoms with van der Waals surface area (Å²) in [6, 6.07) is 10.4. The van der Waals surface area contributed by atoms with Gasteiger partial charge in [0.05, 0.1) is 6.54 Å². The predicted octanol–water partition coefficient (Wildman–Crippen LogP) is 0.747. The molecule has 1 N–H and O–H groups in total. The maximum atomic E-state index is 12.8. The van der Waals surface area contributed by atoms with Crippen LogP contribution in [0.1, 0.15) is 25.3 Å². The first-order valence-electron chi connectivity index (χ1n) is 9.51. The molecule has 2 aliphatic heterocycles. The molecule has 0 aromatic heterocycles. The predicted molar refractivity (Wildman–Crippen MR) is 99.6 cm³/mol. The van der Waals surface area contributed by atoms with Crippen LogP contribution in [0, 0.1) is 0 Å². The van der Waals surface area contributed by atoms with Gasteiger partial charge in [0.2, 0.25) is 5.91 Å². The molecule has 0 bridgehead atoms. The largest absolute Gasteiger partial charge is 0.378 e. The number of piperazine rings is 1. The van der Waals surface area contributed by atoms with Crippen LogP contribution in [0.25, 0.3) is 0 Å². The summed E-state index contributed by atoms with van der Waals surface area (Å²) in [5.41, 5.74) is -0.0947. The van der Waals surface area contributed by atoms with E-state index < -0.39 is 5.60 Å². The lowest BCUT2D eigenvalue weighted by Gasteiger charge is -2.42. The van der Waals surface area contributed by atoms with E-state index >= 15 is 0 Å². The fraction of sp³-hybridized carbons (Fsp3) is 0.600. The second kappa shape index (κ2) is 8.18. The Labute approximate surface area is 155 Å². The smallest absolute Gasteiger partial charge is 0.256 e. The molecule has 3 rings (SSSR count). The van der Waals surface area contributed by atoms with E-state index in [2.05, 4.69) is 29.2 Å². The molecule has 2 amide bonds. The molecule has 2 fully saturated rings. The summed E-state index contributed by atoms with van der Waals surface area (Å²) in [5.74, 6) is -0.298. The Morgan fingerprint density at radius 2 is 1.73 bits per heavy atom. The highest BCUT2D eigenvalue weighted by Gasteiger charge is 2.43. The van der Waals surface area contributed by atoms with Crippen molar-refractivity contribution in [3.63, 3.8) is 0 Å². The standard InChI is InChI=1S/C20H29N3O3/c1-17(24)23-10-5-9-20(26,16-23)19(25)22-14-12-21(13-15-22)11-8-18-6-3-2-4-7-18/h2-4,6-7,26H,5,8-16H2,1H3. The fourth-order valence-electron chi connectivity index (χ4n) is 3.88. The number of nitrogens with zero attached hydrogens (tertiary/aromatic N) is 3. The molecule has 142 valence electrons. The zero-order valence-electron chi connectivity index (χ0n) is 15.6. The van der Waals surface area contributed by atoms with Gasteiger partial charge in [-0.15, -0.1) is 0 Å². The summed E-state index contributed by atoms with van der Waals surface area (Å²) >= 11 is 0. The van der Waals surface area contributed by atoms with E-state index in [0.29, 0.717) is 32.5 Å². The van der Waals surface area contributed by atoms with Crippen molar-refractivity contribution in [2.24, 2.45) is 0 Å². The van der Waals surface area contributed by atoms with Crippen LogP contribution < -0.4 is 0 Å². The Hall–Kier alpha value is -1.92. The van der Waals surface area contributed by atoms with Crippen LogP contribution in [0.15, 0.2) is 30.3 Å². The van der Waals surface area contributed by atoms with E-state index in [-0.39, 0.29) is 18.4 Å². The first kappa shape index (κ1) is 18.9. The number of likely N-dealkylation sites (tertiary alicyclic amines) is 1. The van der Waals surface area contributed by atoms with Gasteiger partial charge in [0.25, 0.3) is 5.91 Å². The molecular formula is C20H29N3O3. The minimum Gasteiger partial charge on any atom is -0.378 e. The molecule has 26 heavy (non-hydrogen) atoms. The van der Waals surface area contributed by atoms with Gasteiger partial charge in [0, 0.05) is 46.2 Å². The van der Waals surface area contributed by atoms with E-state index in [1.165, 1.54) is 12.5 Å². The van der Waals surface area contributed by atoms with Crippen molar-refractivity contribution in [3.8, 4) is 0 Å². The summed E-state index contributed by atoms with van der Waals surface area (Å²) in [5, 5.41) is 10.8. The third-order valence-corrected chi connectivity index (χ3v) is 5.53. The average molecular weight is 359 g/mol. The van der Waals surface area contributed by atoms with Gasteiger partial charge >= 0.3 is 0 Å². The van der Waals surface area contributed by atoms with Gasteiger partial charge < -0.3 is 14.9 Å². The number of piperidine rings is 1. The number of benzene rings is 1. The number of carbonyl (C=O) groups is 2. The quantitative estimate of drug-likeness (QED) is 0.862. The van der Waals surface area contributed by atoms with Crippen molar-refractivity contribution in [1.29, 1.82) is 0 Å². The molecule has 0 radical (unpaired) electrons. The van der Waals surface area contributed by atoms with Gasteiger partial charge in [0.15, 0.2) is 5.60 Å². The summed E-state index contributed by atoms with van der Waals surface area (Å²) in [7, 11) is 0. The minimum absolute atomic E-state index is 0.0818. The summed E-state index contributed by atoms with van der Waals surface area (Å²) in [6.45, 7) is 6.13. The molecule has 6 heteroatoms. The molecule has 1 atom stereocenters. The molecule has 2 saturated heterocycles. The second-order valence-corrected chi connectivity index (χ2v) is 7.45. The number of carbonyl (C=O) groups excluding carboxylic acids is 2. The average Bonchev–Trinajstić information content (AvgIpc) is 2.67. The van der Waals surface area contributed by atoms with Gasteiger partial charge in [-0.05, 0) is 24.8 Å². The molecule has 2 heterocycles. The van der Waals surface area contributed by atoms with Gasteiger partial charge in [-0.2, -0.15) is 0 Å². The minimum atomic E-state index is -1.42. The van der Waals surface area contributed by atoms with Crippen LogP contribution in [0.4, 0.5) is 0 Å². The molecule has 1 aromatic carbocycles. The van der Waals surface area contributed by atoms with E-state index in [0.717, 1.165) is 26.1 Å². The van der Waals surface area contributed by atoms with Crippen molar-refractivity contribution >= 4 is 11.8 Å². The lowest BCUT2D eigenvalue weighted by molar-refractivity contribution is -0.161.